The molecule has 1 aromatic carbocycles. The maximum absolute atomic E-state index is 9.50. The molecule has 0 bridgehead atoms. The summed E-state index contributed by atoms with van der Waals surface area (Å²) in [6, 6.07) is 1.98. The van der Waals surface area contributed by atoms with Crippen molar-refractivity contribution < 1.29 is 5.11 Å². The summed E-state index contributed by atoms with van der Waals surface area (Å²) in [6.45, 7) is 3.96. The molecule has 0 aromatic heterocycles. The Morgan fingerprint density at radius 2 is 1.64 bits per heavy atom. The van der Waals surface area contributed by atoms with Crippen molar-refractivity contribution in [2.45, 2.75) is 13.8 Å². The molecule has 0 radical (unpaired) electrons. The molecule has 0 fully saturated rings. The van der Waals surface area contributed by atoms with E-state index in [9.17, 15) is 5.11 Å². The predicted molar refractivity (Wildman–Crippen MR) is 63.0 cm³/mol. The number of phenols is 1. The van der Waals surface area contributed by atoms with Crippen molar-refractivity contribution >= 4 is 45.2 Å². The predicted octanol–water partition coefficient (Wildman–Crippen LogP) is 3.22. The van der Waals surface area contributed by atoms with Crippen LogP contribution in [0.1, 0.15) is 11.1 Å². The molecule has 0 spiro atoms. The summed E-state index contributed by atoms with van der Waals surface area (Å²) in [5.74, 6) is 0.420. The monoisotopic (exact) mass is 374 g/mol. The highest BCUT2D eigenvalue weighted by molar-refractivity contribution is 14.1. The van der Waals surface area contributed by atoms with E-state index in [1.54, 1.807) is 0 Å². The molecule has 1 nitrogen and oxygen atoms in total. The van der Waals surface area contributed by atoms with Crippen LogP contribution in [-0.2, 0) is 0 Å². The summed E-state index contributed by atoms with van der Waals surface area (Å²) in [5.41, 5.74) is 2.16. The molecule has 60 valence electrons. The Bertz CT molecular complexity index is 268. The van der Waals surface area contributed by atoms with E-state index >= 15 is 0 Å². The van der Waals surface area contributed by atoms with Crippen molar-refractivity contribution in [1.82, 2.24) is 0 Å². The topological polar surface area (TPSA) is 20.2 Å². The lowest BCUT2D eigenvalue weighted by Crippen LogP contribution is -1.89. The first-order valence-electron chi connectivity index (χ1n) is 3.18. The van der Waals surface area contributed by atoms with Gasteiger partial charge in [-0.1, -0.05) is 0 Å². The van der Waals surface area contributed by atoms with E-state index in [0.29, 0.717) is 5.75 Å². The highest BCUT2D eigenvalue weighted by Crippen LogP contribution is 2.29. The second-order valence-corrected chi connectivity index (χ2v) is 4.76. The van der Waals surface area contributed by atoms with E-state index < -0.39 is 0 Å². The zero-order valence-corrected chi connectivity index (χ0v) is 10.6. The van der Waals surface area contributed by atoms with Gasteiger partial charge in [-0.15, -0.1) is 0 Å². The molecule has 3 heteroatoms. The van der Waals surface area contributed by atoms with Crippen LogP contribution in [0.25, 0.3) is 0 Å². The highest BCUT2D eigenvalue weighted by atomic mass is 127. The van der Waals surface area contributed by atoms with Crippen LogP contribution in [0.4, 0.5) is 0 Å². The van der Waals surface area contributed by atoms with Crippen molar-refractivity contribution in [3.8, 4) is 5.75 Å². The van der Waals surface area contributed by atoms with Gasteiger partial charge in [0, 0.05) is 3.57 Å². The minimum Gasteiger partial charge on any atom is -0.507 e. The van der Waals surface area contributed by atoms with Crippen molar-refractivity contribution in [3.63, 3.8) is 0 Å². The van der Waals surface area contributed by atoms with Gasteiger partial charge in [0.15, 0.2) is 0 Å². The van der Waals surface area contributed by atoms with Crippen LogP contribution in [0.3, 0.4) is 0 Å². The van der Waals surface area contributed by atoms with E-state index in [1.807, 2.05) is 19.9 Å². The van der Waals surface area contributed by atoms with Crippen LogP contribution in [0.15, 0.2) is 6.07 Å². The molecule has 0 amide bonds. The van der Waals surface area contributed by atoms with Gasteiger partial charge < -0.3 is 5.11 Å². The summed E-state index contributed by atoms with van der Waals surface area (Å²) in [7, 11) is 0. The lowest BCUT2D eigenvalue weighted by molar-refractivity contribution is 0.466. The second kappa shape index (κ2) is 3.47. The third-order valence-corrected chi connectivity index (χ3v) is 3.70. The van der Waals surface area contributed by atoms with Gasteiger partial charge in [-0.2, -0.15) is 0 Å². The molecule has 0 unspecified atom stereocenters. The average Bonchev–Trinajstić information content (AvgIpc) is 1.97. The molecule has 0 heterocycles. The van der Waals surface area contributed by atoms with Crippen molar-refractivity contribution in [1.29, 1.82) is 0 Å². The third-order valence-electron chi connectivity index (χ3n) is 1.76. The van der Waals surface area contributed by atoms with E-state index in [-0.39, 0.29) is 0 Å². The fourth-order valence-electron chi connectivity index (χ4n) is 0.824. The van der Waals surface area contributed by atoms with Gasteiger partial charge in [0.25, 0.3) is 0 Å². The third kappa shape index (κ3) is 1.80. The maximum Gasteiger partial charge on any atom is 0.132 e. The summed E-state index contributed by atoms with van der Waals surface area (Å²) in [5, 5.41) is 9.50. The Morgan fingerprint density at radius 1 is 1.09 bits per heavy atom. The first-order chi connectivity index (χ1) is 5.04. The largest absolute Gasteiger partial charge is 0.507 e. The Balaban J connectivity index is 3.46. The highest BCUT2D eigenvalue weighted by Gasteiger charge is 2.07. The molecule has 1 rings (SSSR count). The number of hydrogen-bond donors (Lipinski definition) is 1. The molecular weight excluding hydrogens is 366 g/mol. The van der Waals surface area contributed by atoms with Crippen LogP contribution in [0.5, 0.6) is 5.75 Å². The molecule has 0 saturated heterocycles. The minimum atomic E-state index is 0.420. The zero-order chi connectivity index (χ0) is 8.59. The van der Waals surface area contributed by atoms with Crippen molar-refractivity contribution in [3.05, 3.63) is 24.3 Å². The average molecular weight is 374 g/mol. The van der Waals surface area contributed by atoms with Crippen LogP contribution in [-0.4, -0.2) is 5.11 Å². The lowest BCUT2D eigenvalue weighted by Gasteiger charge is -2.06. The SMILES string of the molecule is Cc1c(I)cc(I)c(O)c1C. The summed E-state index contributed by atoms with van der Waals surface area (Å²) >= 11 is 4.41. The first kappa shape index (κ1) is 9.57. The van der Waals surface area contributed by atoms with Crippen LogP contribution in [0, 0.1) is 21.0 Å². The van der Waals surface area contributed by atoms with Crippen molar-refractivity contribution in [2.24, 2.45) is 0 Å². The lowest BCUT2D eigenvalue weighted by atomic mass is 10.1. The normalized spacial score (nSPS) is 10.2. The molecule has 0 aliphatic carbocycles. The summed E-state index contributed by atoms with van der Waals surface area (Å²) in [4.78, 5) is 0. The number of halogens is 2. The molecule has 0 aliphatic rings. The van der Waals surface area contributed by atoms with Gasteiger partial charge in [0.1, 0.15) is 5.75 Å². The maximum atomic E-state index is 9.50. The van der Waals surface area contributed by atoms with Gasteiger partial charge in [-0.05, 0) is 76.2 Å². The number of benzene rings is 1. The zero-order valence-electron chi connectivity index (χ0n) is 6.28. The fourth-order valence-corrected chi connectivity index (χ4v) is 2.85. The summed E-state index contributed by atoms with van der Waals surface area (Å²) < 4.78 is 2.14. The minimum absolute atomic E-state index is 0.420. The van der Waals surface area contributed by atoms with Gasteiger partial charge in [-0.3, -0.25) is 0 Å². The Hall–Kier alpha value is 0.480. The molecule has 0 atom stereocenters. The van der Waals surface area contributed by atoms with E-state index in [1.165, 1.54) is 9.13 Å². The molecule has 11 heavy (non-hydrogen) atoms. The molecule has 1 aromatic rings. The van der Waals surface area contributed by atoms with Crippen molar-refractivity contribution in [2.75, 3.05) is 0 Å². The van der Waals surface area contributed by atoms with Gasteiger partial charge in [0.05, 0.1) is 3.57 Å². The second-order valence-electron chi connectivity index (χ2n) is 2.44. The van der Waals surface area contributed by atoms with Gasteiger partial charge >= 0.3 is 0 Å². The van der Waals surface area contributed by atoms with E-state index in [2.05, 4.69) is 45.2 Å². The van der Waals surface area contributed by atoms with E-state index in [0.717, 1.165) is 9.13 Å². The number of aromatic hydroxyl groups is 1. The molecule has 0 aliphatic heterocycles. The quantitative estimate of drug-likeness (QED) is 0.692. The van der Waals surface area contributed by atoms with E-state index in [4.69, 9.17) is 0 Å². The standard InChI is InChI=1S/C8H8I2O/c1-4-5(2)8(11)7(10)3-6(4)9/h3,11H,1-2H3. The Kier molecular flexibility index (Phi) is 3.02. The number of rotatable bonds is 0. The van der Waals surface area contributed by atoms with Gasteiger partial charge in [0.2, 0.25) is 0 Å². The molecule has 0 saturated carbocycles. The fraction of sp³-hybridized carbons (Fsp3) is 0.250. The van der Waals surface area contributed by atoms with Crippen LogP contribution in [0.2, 0.25) is 0 Å². The van der Waals surface area contributed by atoms with Crippen LogP contribution < -0.4 is 0 Å². The number of hydrogen-bond acceptors (Lipinski definition) is 1. The Labute approximate surface area is 93.5 Å². The Morgan fingerprint density at radius 3 is 2.18 bits per heavy atom. The number of phenolic OH excluding ortho intramolecular Hbond substituents is 1. The van der Waals surface area contributed by atoms with Crippen LogP contribution >= 0.6 is 45.2 Å². The first-order valence-corrected chi connectivity index (χ1v) is 5.34. The summed E-state index contributed by atoms with van der Waals surface area (Å²) in [6.07, 6.45) is 0. The molecule has 1 N–H and O–H groups in total. The molecular formula is C8H8I2O. The van der Waals surface area contributed by atoms with Gasteiger partial charge in [-0.25, -0.2) is 0 Å². The smallest absolute Gasteiger partial charge is 0.132 e.